The molecule has 2 fully saturated rings. The Hall–Kier alpha value is -2.34. The summed E-state index contributed by atoms with van der Waals surface area (Å²) < 4.78 is 11.4. The number of rotatable bonds is 8. The summed E-state index contributed by atoms with van der Waals surface area (Å²) in [5.41, 5.74) is 11.2. The lowest BCUT2D eigenvalue weighted by molar-refractivity contribution is -0.127. The molecule has 1 saturated carbocycles. The number of likely N-dealkylation sites (tertiary alicyclic amines) is 1. The molecular formula is C19H27BN4O6. The summed E-state index contributed by atoms with van der Waals surface area (Å²) in [6.45, 7) is 3.75. The van der Waals surface area contributed by atoms with Crippen molar-refractivity contribution in [3.8, 4) is 11.5 Å². The molecule has 1 aromatic rings. The molecule has 11 heteroatoms. The van der Waals surface area contributed by atoms with Crippen molar-refractivity contribution < 1.29 is 29.1 Å². The number of carbonyl (C=O) groups excluding carboxylic acids is 1. The predicted molar refractivity (Wildman–Crippen MR) is 109 cm³/mol. The third-order valence-electron chi connectivity index (χ3n) is 5.93. The third kappa shape index (κ3) is 3.85. The minimum atomic E-state index is -1.16. The Labute approximate surface area is 174 Å². The van der Waals surface area contributed by atoms with Crippen molar-refractivity contribution >= 4 is 19.0 Å². The first-order valence-corrected chi connectivity index (χ1v) is 10.1. The lowest BCUT2D eigenvalue weighted by atomic mass is 9.77. The van der Waals surface area contributed by atoms with Crippen LogP contribution in [0.1, 0.15) is 35.2 Å². The van der Waals surface area contributed by atoms with E-state index in [4.69, 9.17) is 20.9 Å². The van der Waals surface area contributed by atoms with Crippen LogP contribution in [-0.2, 0) is 4.79 Å². The molecule has 30 heavy (non-hydrogen) atoms. The molecule has 7 N–H and O–H groups in total. The second-order valence-electron chi connectivity index (χ2n) is 8.57. The highest BCUT2D eigenvalue weighted by Crippen LogP contribution is 2.60. The molecule has 1 aliphatic carbocycles. The minimum Gasteiger partial charge on any atom is -0.535 e. The van der Waals surface area contributed by atoms with Crippen LogP contribution < -0.4 is 26.2 Å². The van der Waals surface area contributed by atoms with Gasteiger partial charge in [-0.2, -0.15) is 0 Å². The van der Waals surface area contributed by atoms with Gasteiger partial charge in [0, 0.05) is 38.5 Å². The summed E-state index contributed by atoms with van der Waals surface area (Å²) in [5.74, 6) is -0.826. The molecule has 0 aromatic heterocycles. The summed E-state index contributed by atoms with van der Waals surface area (Å²) in [4.78, 5) is 26.0. The Balaban J connectivity index is 1.39. The van der Waals surface area contributed by atoms with E-state index in [-0.39, 0.29) is 40.8 Å². The number of benzene rings is 1. The standard InChI is InChI=1S/C19H27BN4O6/c1-19(22,18(27)23-5-4-21)9-24-7-10(8-24)29-14-3-2-11-12-6-13(12)20(28)30-16(11)15(14)17(25)26/h2-3,10,12-13,28H,4-9,21-22H2,1H3,(H,23,27)(H,25,26)/t12-,13-,19-/m1/s1. The lowest BCUT2D eigenvalue weighted by Gasteiger charge is -2.42. The molecule has 1 aromatic carbocycles. The Bertz CT molecular complexity index is 860. The van der Waals surface area contributed by atoms with Gasteiger partial charge in [-0.05, 0) is 30.9 Å². The number of hydrogen-bond acceptors (Lipinski definition) is 8. The van der Waals surface area contributed by atoms with Gasteiger partial charge in [0.05, 0.1) is 0 Å². The molecule has 3 atom stereocenters. The molecule has 0 spiro atoms. The highest BCUT2D eigenvalue weighted by Gasteiger charge is 2.54. The van der Waals surface area contributed by atoms with Gasteiger partial charge in [-0.3, -0.25) is 9.69 Å². The largest absolute Gasteiger partial charge is 0.535 e. The molecule has 10 nitrogen and oxygen atoms in total. The van der Waals surface area contributed by atoms with Crippen LogP contribution in [0.3, 0.4) is 0 Å². The van der Waals surface area contributed by atoms with Crippen molar-refractivity contribution in [3.05, 3.63) is 23.3 Å². The zero-order valence-electron chi connectivity index (χ0n) is 16.8. The van der Waals surface area contributed by atoms with Crippen molar-refractivity contribution in [2.24, 2.45) is 11.5 Å². The van der Waals surface area contributed by atoms with E-state index in [9.17, 15) is 19.7 Å². The zero-order chi connectivity index (χ0) is 21.6. The summed E-state index contributed by atoms with van der Waals surface area (Å²) in [7, 11) is -0.984. The highest BCUT2D eigenvalue weighted by atomic mass is 16.5. The number of nitrogens with two attached hydrogens (primary N) is 2. The first kappa shape index (κ1) is 20.9. The molecule has 4 rings (SSSR count). The number of nitrogens with zero attached hydrogens (tertiary/aromatic N) is 1. The van der Waals surface area contributed by atoms with Gasteiger partial charge in [-0.1, -0.05) is 6.07 Å². The van der Waals surface area contributed by atoms with E-state index in [0.717, 1.165) is 12.0 Å². The van der Waals surface area contributed by atoms with Gasteiger partial charge < -0.3 is 36.3 Å². The normalized spacial score (nSPS) is 24.6. The van der Waals surface area contributed by atoms with E-state index in [2.05, 4.69) is 5.32 Å². The van der Waals surface area contributed by atoms with Gasteiger partial charge >= 0.3 is 13.1 Å². The van der Waals surface area contributed by atoms with Crippen molar-refractivity contribution in [2.75, 3.05) is 32.7 Å². The Morgan fingerprint density at radius 1 is 1.43 bits per heavy atom. The Morgan fingerprint density at radius 3 is 2.83 bits per heavy atom. The minimum absolute atomic E-state index is 0.0405. The van der Waals surface area contributed by atoms with Crippen molar-refractivity contribution in [2.45, 2.75) is 36.7 Å². The summed E-state index contributed by atoms with van der Waals surface area (Å²) in [5, 5.41) is 22.4. The van der Waals surface area contributed by atoms with Gasteiger partial charge in [-0.15, -0.1) is 0 Å². The molecule has 0 bridgehead atoms. The van der Waals surface area contributed by atoms with Crippen LogP contribution in [0.25, 0.3) is 0 Å². The number of carboxylic acids is 1. The average Bonchev–Trinajstić information content (AvgIpc) is 3.45. The van der Waals surface area contributed by atoms with Gasteiger partial charge in [-0.25, -0.2) is 4.79 Å². The van der Waals surface area contributed by atoms with Gasteiger partial charge in [0.1, 0.15) is 28.7 Å². The molecule has 2 aliphatic heterocycles. The first-order valence-electron chi connectivity index (χ1n) is 10.1. The summed E-state index contributed by atoms with van der Waals surface area (Å²) in [6.07, 6.45) is 0.563. The maximum absolute atomic E-state index is 12.1. The van der Waals surface area contributed by atoms with Crippen LogP contribution in [0, 0.1) is 0 Å². The Morgan fingerprint density at radius 2 is 2.17 bits per heavy atom. The molecule has 1 saturated heterocycles. The molecular weight excluding hydrogens is 391 g/mol. The third-order valence-corrected chi connectivity index (χ3v) is 5.93. The van der Waals surface area contributed by atoms with Crippen molar-refractivity contribution in [3.63, 3.8) is 0 Å². The van der Waals surface area contributed by atoms with Crippen LogP contribution in [0.15, 0.2) is 12.1 Å². The molecule has 3 aliphatic rings. The molecule has 0 unspecified atom stereocenters. The number of carbonyl (C=O) groups is 2. The Kier molecular flexibility index (Phi) is 5.39. The van der Waals surface area contributed by atoms with Crippen LogP contribution in [-0.4, -0.2) is 78.4 Å². The SMILES string of the molecule is C[C@@](N)(CN1CC(Oc2ccc3c(c2C(=O)O)OB(O)[C@@H]2C[C@H]32)C1)C(=O)NCCN. The molecule has 2 heterocycles. The summed E-state index contributed by atoms with van der Waals surface area (Å²) in [6, 6.07) is 3.48. The van der Waals surface area contributed by atoms with E-state index < -0.39 is 18.6 Å². The summed E-state index contributed by atoms with van der Waals surface area (Å²) >= 11 is 0. The van der Waals surface area contributed by atoms with E-state index in [1.165, 1.54) is 0 Å². The first-order chi connectivity index (χ1) is 14.2. The smallest absolute Gasteiger partial charge is 0.526 e. The second kappa shape index (κ2) is 7.73. The zero-order valence-corrected chi connectivity index (χ0v) is 16.8. The van der Waals surface area contributed by atoms with Crippen LogP contribution >= 0.6 is 0 Å². The fraction of sp³-hybridized carbons (Fsp3) is 0.579. The van der Waals surface area contributed by atoms with E-state index in [1.54, 1.807) is 13.0 Å². The number of aromatic carboxylic acids is 1. The van der Waals surface area contributed by atoms with Gasteiger partial charge in [0.2, 0.25) is 5.91 Å². The second-order valence-corrected chi connectivity index (χ2v) is 8.57. The van der Waals surface area contributed by atoms with Crippen LogP contribution in [0.5, 0.6) is 11.5 Å². The van der Waals surface area contributed by atoms with E-state index in [1.807, 2.05) is 11.0 Å². The maximum Gasteiger partial charge on any atom is 0.526 e. The fourth-order valence-electron chi connectivity index (χ4n) is 4.23. The topological polar surface area (TPSA) is 160 Å². The lowest BCUT2D eigenvalue weighted by Crippen LogP contribution is -2.64. The van der Waals surface area contributed by atoms with Gasteiger partial charge in [0.25, 0.3) is 0 Å². The molecule has 162 valence electrons. The van der Waals surface area contributed by atoms with Crippen LogP contribution in [0.2, 0.25) is 5.82 Å². The predicted octanol–water partition coefficient (Wildman–Crippen LogP) is -1.03. The van der Waals surface area contributed by atoms with Gasteiger partial charge in [0.15, 0.2) is 0 Å². The molecule has 0 radical (unpaired) electrons. The van der Waals surface area contributed by atoms with Crippen molar-refractivity contribution in [1.82, 2.24) is 10.2 Å². The number of fused-ring (bicyclic) bond motifs is 3. The highest BCUT2D eigenvalue weighted by molar-refractivity contribution is 6.48. The van der Waals surface area contributed by atoms with E-state index >= 15 is 0 Å². The monoisotopic (exact) mass is 418 g/mol. The van der Waals surface area contributed by atoms with Crippen molar-refractivity contribution in [1.29, 1.82) is 0 Å². The van der Waals surface area contributed by atoms with Crippen LogP contribution in [0.4, 0.5) is 0 Å². The average molecular weight is 418 g/mol. The number of ether oxygens (including phenoxy) is 1. The number of amides is 1. The number of carboxylic acid groups (broad SMARTS) is 1. The van der Waals surface area contributed by atoms with E-state index in [0.29, 0.717) is 32.7 Å². The number of nitrogens with one attached hydrogen (secondary N) is 1. The fourth-order valence-corrected chi connectivity index (χ4v) is 4.23. The number of hydrogen-bond donors (Lipinski definition) is 5. The molecule has 1 amide bonds. The quantitative estimate of drug-likeness (QED) is 0.333. The maximum atomic E-state index is 12.1.